The van der Waals surface area contributed by atoms with Crippen molar-refractivity contribution in [3.8, 4) is 0 Å². The van der Waals surface area contributed by atoms with E-state index in [1.807, 2.05) is 11.9 Å². The average molecular weight is 173 g/mol. The molecule has 4 heteroatoms. The van der Waals surface area contributed by atoms with Crippen molar-refractivity contribution in [3.05, 3.63) is 41.1 Å². The van der Waals surface area contributed by atoms with Gasteiger partial charge in [0.25, 0.3) is 11.5 Å². The Balaban J connectivity index is 2.57. The third kappa shape index (κ3) is 1.13. The van der Waals surface area contributed by atoms with Gasteiger partial charge in [-0.15, -0.1) is 0 Å². The first kappa shape index (κ1) is 7.71. The molecule has 64 valence electrons. The van der Waals surface area contributed by atoms with Crippen LogP contribution in [0.1, 0.15) is 10.5 Å². The van der Waals surface area contributed by atoms with E-state index >= 15 is 0 Å². The molecule has 0 aromatic carbocycles. The number of hydrogen-bond acceptors (Lipinski definition) is 2. The van der Waals surface area contributed by atoms with Gasteiger partial charge < -0.3 is 5.41 Å². The molecular formula is C9H7N3O. The highest BCUT2D eigenvalue weighted by Crippen LogP contribution is 2.04. The largest absolute Gasteiger partial charge is 0.763 e. The second-order valence-electron chi connectivity index (χ2n) is 2.71. The van der Waals surface area contributed by atoms with Crippen molar-refractivity contribution in [2.45, 2.75) is 0 Å². The van der Waals surface area contributed by atoms with E-state index in [-0.39, 0.29) is 11.4 Å². The van der Waals surface area contributed by atoms with E-state index in [0.29, 0.717) is 12.2 Å². The fraction of sp³-hybridized carbons (Fsp3) is 0.111. The van der Waals surface area contributed by atoms with E-state index in [9.17, 15) is 4.79 Å². The third-order valence-corrected chi connectivity index (χ3v) is 1.93. The smallest absolute Gasteiger partial charge is 0.283 e. The molecule has 0 bridgehead atoms. The van der Waals surface area contributed by atoms with Crippen molar-refractivity contribution >= 4 is 11.7 Å². The topological polar surface area (TPSA) is 55.3 Å². The van der Waals surface area contributed by atoms with Gasteiger partial charge in [-0.1, -0.05) is 4.68 Å². The van der Waals surface area contributed by atoms with E-state index in [4.69, 9.17) is 5.41 Å². The molecule has 13 heavy (non-hydrogen) atoms. The molecule has 1 aliphatic heterocycles. The molecule has 0 saturated heterocycles. The van der Waals surface area contributed by atoms with Crippen molar-refractivity contribution in [2.75, 3.05) is 12.0 Å². The lowest BCUT2D eigenvalue weighted by atomic mass is 10.1. The van der Waals surface area contributed by atoms with Gasteiger partial charge in [0, 0.05) is 17.7 Å². The number of fused-ring (bicyclic) bond motifs is 1. The van der Waals surface area contributed by atoms with Gasteiger partial charge in [-0.05, 0) is 6.07 Å². The SMILES string of the molecule is [N-]=C=C1CN[n+]2ccccc2C1=O. The molecular weight excluding hydrogens is 166 g/mol. The highest BCUT2D eigenvalue weighted by Gasteiger charge is 2.26. The molecule has 1 aliphatic rings. The Labute approximate surface area is 75.0 Å². The number of rotatable bonds is 0. The Bertz CT molecular complexity index is 419. The van der Waals surface area contributed by atoms with Crippen molar-refractivity contribution in [3.63, 3.8) is 0 Å². The lowest BCUT2D eigenvalue weighted by Gasteiger charge is -2.11. The quantitative estimate of drug-likeness (QED) is 0.338. The first-order chi connectivity index (χ1) is 6.33. The molecule has 0 unspecified atom stereocenters. The normalized spacial score (nSPS) is 14.5. The number of ketones is 1. The van der Waals surface area contributed by atoms with Crippen LogP contribution in [0.3, 0.4) is 0 Å². The zero-order valence-electron chi connectivity index (χ0n) is 6.82. The van der Waals surface area contributed by atoms with Gasteiger partial charge in [-0.3, -0.25) is 10.7 Å². The van der Waals surface area contributed by atoms with E-state index in [1.54, 1.807) is 23.0 Å². The average Bonchev–Trinajstić information content (AvgIpc) is 2.19. The van der Waals surface area contributed by atoms with Gasteiger partial charge in [0.2, 0.25) is 0 Å². The van der Waals surface area contributed by atoms with Gasteiger partial charge in [-0.2, -0.15) is 5.43 Å². The molecule has 4 nitrogen and oxygen atoms in total. The molecule has 0 amide bonds. The van der Waals surface area contributed by atoms with Crippen molar-refractivity contribution in [1.29, 1.82) is 0 Å². The minimum atomic E-state index is -0.193. The molecule has 1 aromatic rings. The van der Waals surface area contributed by atoms with E-state index < -0.39 is 0 Å². The predicted molar refractivity (Wildman–Crippen MR) is 47.1 cm³/mol. The second-order valence-corrected chi connectivity index (χ2v) is 2.71. The van der Waals surface area contributed by atoms with Crippen LogP contribution in [0, 0.1) is 0 Å². The van der Waals surface area contributed by atoms with Crippen LogP contribution in [0.25, 0.3) is 5.41 Å². The maximum atomic E-state index is 11.5. The van der Waals surface area contributed by atoms with Crippen LogP contribution in [0.2, 0.25) is 0 Å². The molecule has 0 saturated carbocycles. The summed E-state index contributed by atoms with van der Waals surface area (Å²) in [6, 6.07) is 5.28. The van der Waals surface area contributed by atoms with Gasteiger partial charge in [0.05, 0.1) is 0 Å². The Hall–Kier alpha value is -1.93. The summed E-state index contributed by atoms with van der Waals surface area (Å²) in [4.78, 5) is 11.5. The van der Waals surface area contributed by atoms with Crippen molar-refractivity contribution < 1.29 is 9.47 Å². The van der Waals surface area contributed by atoms with Crippen LogP contribution in [0.5, 0.6) is 0 Å². The number of nitrogens with zero attached hydrogens (tertiary/aromatic N) is 2. The summed E-state index contributed by atoms with van der Waals surface area (Å²) >= 11 is 0. The van der Waals surface area contributed by atoms with Crippen molar-refractivity contribution in [1.82, 2.24) is 0 Å². The highest BCUT2D eigenvalue weighted by atomic mass is 16.1. The number of carbonyl (C=O) groups excluding carboxylic acids is 1. The molecule has 0 fully saturated rings. The minimum Gasteiger partial charge on any atom is -0.763 e. The fourth-order valence-electron chi connectivity index (χ4n) is 1.26. The van der Waals surface area contributed by atoms with Crippen LogP contribution in [0.15, 0.2) is 30.0 Å². The molecule has 2 heterocycles. The molecule has 0 spiro atoms. The predicted octanol–water partition coefficient (Wildman–Crippen LogP) is -0.121. The number of nitrogens with one attached hydrogen (secondary N) is 1. The van der Waals surface area contributed by atoms with E-state index in [2.05, 4.69) is 5.43 Å². The standard InChI is InChI=1S/C9H7N3O/c10-5-7-6-11-12-4-2-1-3-8(12)9(7)13/h1-4,11H,6H2. The van der Waals surface area contributed by atoms with Crippen LogP contribution in [0.4, 0.5) is 0 Å². The Kier molecular flexibility index (Phi) is 1.69. The Morgan fingerprint density at radius 1 is 1.54 bits per heavy atom. The molecule has 1 N–H and O–H groups in total. The number of pyridine rings is 1. The minimum absolute atomic E-state index is 0.193. The van der Waals surface area contributed by atoms with Crippen LogP contribution in [-0.4, -0.2) is 18.2 Å². The van der Waals surface area contributed by atoms with Gasteiger partial charge in [0.1, 0.15) is 6.54 Å². The third-order valence-electron chi connectivity index (χ3n) is 1.93. The number of Topliss-reactive ketones (excluding diaryl/α,β-unsaturated/α-hetero) is 1. The number of carbonyl (C=O) groups is 1. The Morgan fingerprint density at radius 3 is 3.15 bits per heavy atom. The van der Waals surface area contributed by atoms with E-state index in [0.717, 1.165) is 0 Å². The molecule has 1 aromatic heterocycles. The lowest BCUT2D eigenvalue weighted by Crippen LogP contribution is -2.54. The van der Waals surface area contributed by atoms with Crippen molar-refractivity contribution in [2.24, 2.45) is 0 Å². The first-order valence-electron chi connectivity index (χ1n) is 3.88. The fourth-order valence-corrected chi connectivity index (χ4v) is 1.26. The number of aromatic nitrogens is 1. The maximum Gasteiger partial charge on any atom is 0.283 e. The first-order valence-corrected chi connectivity index (χ1v) is 3.88. The van der Waals surface area contributed by atoms with Gasteiger partial charge in [0.15, 0.2) is 6.20 Å². The summed E-state index contributed by atoms with van der Waals surface area (Å²) in [6.45, 7) is 0.303. The zero-order valence-corrected chi connectivity index (χ0v) is 6.82. The molecule has 2 rings (SSSR count). The molecule has 0 radical (unpaired) electrons. The van der Waals surface area contributed by atoms with Crippen LogP contribution in [-0.2, 0) is 0 Å². The molecule has 0 aliphatic carbocycles. The summed E-state index contributed by atoms with van der Waals surface area (Å²) in [7, 11) is 0. The summed E-state index contributed by atoms with van der Waals surface area (Å²) in [5.41, 5.74) is 3.69. The summed E-state index contributed by atoms with van der Waals surface area (Å²) in [5.74, 6) is 1.69. The monoisotopic (exact) mass is 173 g/mol. The zero-order chi connectivity index (χ0) is 9.26. The second kappa shape index (κ2) is 2.84. The summed E-state index contributed by atoms with van der Waals surface area (Å²) < 4.78 is 1.63. The van der Waals surface area contributed by atoms with Gasteiger partial charge in [-0.25, -0.2) is 0 Å². The summed E-state index contributed by atoms with van der Waals surface area (Å²) in [5, 5.41) is 8.63. The molecule has 0 atom stereocenters. The summed E-state index contributed by atoms with van der Waals surface area (Å²) in [6.07, 6.45) is 1.75. The van der Waals surface area contributed by atoms with Crippen LogP contribution >= 0.6 is 0 Å². The van der Waals surface area contributed by atoms with Gasteiger partial charge >= 0.3 is 0 Å². The van der Waals surface area contributed by atoms with Crippen LogP contribution < -0.4 is 10.1 Å². The van der Waals surface area contributed by atoms with E-state index in [1.165, 1.54) is 0 Å². The highest BCUT2D eigenvalue weighted by molar-refractivity contribution is 6.13. The maximum absolute atomic E-state index is 11.5. The lowest BCUT2D eigenvalue weighted by molar-refractivity contribution is -0.653. The Morgan fingerprint density at radius 2 is 2.38 bits per heavy atom. The number of hydrogen-bond donors (Lipinski definition) is 1.